The van der Waals surface area contributed by atoms with E-state index in [-0.39, 0.29) is 12.5 Å². The van der Waals surface area contributed by atoms with E-state index in [0.29, 0.717) is 17.1 Å². The lowest BCUT2D eigenvalue weighted by Gasteiger charge is -2.09. The molecule has 4 N–H and O–H groups in total. The molecule has 0 saturated heterocycles. The lowest BCUT2D eigenvalue weighted by Crippen LogP contribution is -2.39. The van der Waals surface area contributed by atoms with E-state index >= 15 is 0 Å². The van der Waals surface area contributed by atoms with Crippen LogP contribution in [0.5, 0.6) is 0 Å². The standard InChI is InChI=1S/C20H22N4O4/c1-12-4-5-17(10-13(12)2)23-18(26)11-21-19(27)20(28)24-16-8-6-15(7-9-16)22-14(3)25/h4-10H,11H2,1-3H3,(H,21,27)(H,22,25)(H,23,26)(H,24,28). The van der Waals surface area contributed by atoms with Crippen molar-refractivity contribution in [3.05, 3.63) is 53.6 Å². The van der Waals surface area contributed by atoms with E-state index in [9.17, 15) is 19.2 Å². The lowest BCUT2D eigenvalue weighted by atomic mass is 10.1. The van der Waals surface area contributed by atoms with E-state index < -0.39 is 17.7 Å². The molecule has 8 heteroatoms. The second-order valence-electron chi connectivity index (χ2n) is 6.24. The number of amides is 4. The highest BCUT2D eigenvalue weighted by atomic mass is 16.2. The molecular formula is C20H22N4O4. The van der Waals surface area contributed by atoms with Crippen LogP contribution in [0.15, 0.2) is 42.5 Å². The van der Waals surface area contributed by atoms with Crippen LogP contribution in [-0.2, 0) is 19.2 Å². The minimum atomic E-state index is -0.929. The van der Waals surface area contributed by atoms with Gasteiger partial charge in [-0.05, 0) is 61.4 Å². The van der Waals surface area contributed by atoms with E-state index in [0.717, 1.165) is 11.1 Å². The predicted octanol–water partition coefficient (Wildman–Crippen LogP) is 1.96. The largest absolute Gasteiger partial charge is 0.339 e. The Hall–Kier alpha value is -3.68. The Labute approximate surface area is 162 Å². The molecule has 0 aliphatic carbocycles. The summed E-state index contributed by atoms with van der Waals surface area (Å²) in [5.41, 5.74) is 3.71. The minimum absolute atomic E-state index is 0.213. The number of anilines is 3. The zero-order chi connectivity index (χ0) is 20.7. The maximum atomic E-state index is 11.9. The van der Waals surface area contributed by atoms with Crippen molar-refractivity contribution in [2.24, 2.45) is 0 Å². The molecule has 146 valence electrons. The van der Waals surface area contributed by atoms with Gasteiger partial charge in [0.2, 0.25) is 11.8 Å². The van der Waals surface area contributed by atoms with Crippen LogP contribution in [0, 0.1) is 13.8 Å². The third-order valence-electron chi connectivity index (χ3n) is 3.87. The molecule has 0 saturated carbocycles. The van der Waals surface area contributed by atoms with Gasteiger partial charge in [0, 0.05) is 24.0 Å². The van der Waals surface area contributed by atoms with Crippen molar-refractivity contribution in [3.63, 3.8) is 0 Å². The van der Waals surface area contributed by atoms with Gasteiger partial charge in [-0.15, -0.1) is 0 Å². The van der Waals surface area contributed by atoms with Gasteiger partial charge in [0.05, 0.1) is 6.54 Å². The number of rotatable bonds is 5. The molecule has 2 aromatic carbocycles. The Bertz CT molecular complexity index is 907. The first-order valence-electron chi connectivity index (χ1n) is 8.58. The molecule has 28 heavy (non-hydrogen) atoms. The first-order valence-corrected chi connectivity index (χ1v) is 8.58. The van der Waals surface area contributed by atoms with E-state index in [2.05, 4.69) is 21.3 Å². The number of carbonyl (C=O) groups excluding carboxylic acids is 4. The summed E-state index contributed by atoms with van der Waals surface area (Å²) in [4.78, 5) is 46.7. The first-order chi connectivity index (χ1) is 13.2. The number of hydrogen-bond donors (Lipinski definition) is 4. The third kappa shape index (κ3) is 6.24. The van der Waals surface area contributed by atoms with Gasteiger partial charge < -0.3 is 21.3 Å². The number of nitrogens with one attached hydrogen (secondary N) is 4. The van der Waals surface area contributed by atoms with Gasteiger partial charge in [0.1, 0.15) is 0 Å². The van der Waals surface area contributed by atoms with Crippen LogP contribution in [0.4, 0.5) is 17.1 Å². The fourth-order valence-corrected chi connectivity index (χ4v) is 2.29. The summed E-state index contributed by atoms with van der Waals surface area (Å²) < 4.78 is 0. The summed E-state index contributed by atoms with van der Waals surface area (Å²) in [7, 11) is 0. The molecule has 0 aliphatic heterocycles. The zero-order valence-electron chi connectivity index (χ0n) is 15.9. The van der Waals surface area contributed by atoms with Gasteiger partial charge >= 0.3 is 11.8 Å². The summed E-state index contributed by atoms with van der Waals surface area (Å²) in [6, 6.07) is 11.7. The van der Waals surface area contributed by atoms with Gasteiger partial charge in [0.25, 0.3) is 0 Å². The van der Waals surface area contributed by atoms with Crippen LogP contribution in [0.1, 0.15) is 18.1 Å². The van der Waals surface area contributed by atoms with E-state index in [1.807, 2.05) is 26.0 Å². The summed E-state index contributed by atoms with van der Waals surface area (Å²) in [5.74, 6) is -2.48. The Morgan fingerprint density at radius 1 is 0.714 bits per heavy atom. The topological polar surface area (TPSA) is 116 Å². The van der Waals surface area contributed by atoms with Crippen LogP contribution < -0.4 is 21.3 Å². The molecule has 0 heterocycles. The van der Waals surface area contributed by atoms with Gasteiger partial charge in [-0.25, -0.2) is 0 Å². The number of aryl methyl sites for hydroxylation is 2. The summed E-state index contributed by atoms with van der Waals surface area (Å²) >= 11 is 0. The smallest absolute Gasteiger partial charge is 0.313 e. The molecule has 2 rings (SSSR count). The van der Waals surface area contributed by atoms with Crippen molar-refractivity contribution in [3.8, 4) is 0 Å². The Kier molecular flexibility index (Phi) is 6.86. The summed E-state index contributed by atoms with van der Waals surface area (Å²) in [6.45, 7) is 4.95. The van der Waals surface area contributed by atoms with Crippen molar-refractivity contribution >= 4 is 40.7 Å². The average Bonchev–Trinajstić information content (AvgIpc) is 2.64. The monoisotopic (exact) mass is 382 g/mol. The average molecular weight is 382 g/mol. The van der Waals surface area contributed by atoms with Crippen molar-refractivity contribution < 1.29 is 19.2 Å². The molecule has 0 atom stereocenters. The van der Waals surface area contributed by atoms with E-state index in [1.165, 1.54) is 6.92 Å². The number of hydrogen-bond acceptors (Lipinski definition) is 4. The highest BCUT2D eigenvalue weighted by Crippen LogP contribution is 2.14. The second-order valence-corrected chi connectivity index (χ2v) is 6.24. The fourth-order valence-electron chi connectivity index (χ4n) is 2.29. The van der Waals surface area contributed by atoms with Crippen LogP contribution in [0.25, 0.3) is 0 Å². The number of benzene rings is 2. The zero-order valence-corrected chi connectivity index (χ0v) is 15.9. The first kappa shape index (κ1) is 20.6. The fraction of sp³-hybridized carbons (Fsp3) is 0.200. The molecule has 0 fully saturated rings. The maximum Gasteiger partial charge on any atom is 0.313 e. The van der Waals surface area contributed by atoms with Crippen molar-refractivity contribution in [1.82, 2.24) is 5.32 Å². The van der Waals surface area contributed by atoms with Crippen LogP contribution in [-0.4, -0.2) is 30.2 Å². The molecular weight excluding hydrogens is 360 g/mol. The van der Waals surface area contributed by atoms with E-state index in [1.54, 1.807) is 30.3 Å². The summed E-state index contributed by atoms with van der Waals surface area (Å²) in [5, 5.41) is 9.93. The number of carbonyl (C=O) groups is 4. The Morgan fingerprint density at radius 3 is 1.86 bits per heavy atom. The molecule has 0 bridgehead atoms. The van der Waals surface area contributed by atoms with Gasteiger partial charge in [-0.2, -0.15) is 0 Å². The molecule has 8 nitrogen and oxygen atoms in total. The van der Waals surface area contributed by atoms with Crippen molar-refractivity contribution in [2.75, 3.05) is 22.5 Å². The lowest BCUT2D eigenvalue weighted by molar-refractivity contribution is -0.136. The van der Waals surface area contributed by atoms with Crippen molar-refractivity contribution in [2.45, 2.75) is 20.8 Å². The second kappa shape index (κ2) is 9.31. The predicted molar refractivity (Wildman–Crippen MR) is 107 cm³/mol. The highest BCUT2D eigenvalue weighted by molar-refractivity contribution is 6.39. The van der Waals surface area contributed by atoms with Crippen LogP contribution in [0.2, 0.25) is 0 Å². The van der Waals surface area contributed by atoms with Crippen LogP contribution >= 0.6 is 0 Å². The Morgan fingerprint density at radius 2 is 1.29 bits per heavy atom. The minimum Gasteiger partial charge on any atom is -0.339 e. The molecule has 0 spiro atoms. The molecule has 0 aromatic heterocycles. The van der Waals surface area contributed by atoms with Crippen LogP contribution in [0.3, 0.4) is 0 Å². The molecule has 2 aromatic rings. The molecule has 4 amide bonds. The quantitative estimate of drug-likeness (QED) is 0.592. The maximum absolute atomic E-state index is 11.9. The van der Waals surface area contributed by atoms with Gasteiger partial charge in [-0.1, -0.05) is 6.07 Å². The molecule has 0 unspecified atom stereocenters. The van der Waals surface area contributed by atoms with Crippen molar-refractivity contribution in [1.29, 1.82) is 0 Å². The third-order valence-corrected chi connectivity index (χ3v) is 3.87. The molecule has 0 radical (unpaired) electrons. The molecule has 0 aliphatic rings. The van der Waals surface area contributed by atoms with E-state index in [4.69, 9.17) is 0 Å². The van der Waals surface area contributed by atoms with Gasteiger partial charge in [-0.3, -0.25) is 19.2 Å². The highest BCUT2D eigenvalue weighted by Gasteiger charge is 2.15. The SMILES string of the molecule is CC(=O)Nc1ccc(NC(=O)C(=O)NCC(=O)Nc2ccc(C)c(C)c2)cc1. The summed E-state index contributed by atoms with van der Waals surface area (Å²) in [6.07, 6.45) is 0. The van der Waals surface area contributed by atoms with Gasteiger partial charge in [0.15, 0.2) is 0 Å². The normalized spacial score (nSPS) is 9.96. The Balaban J connectivity index is 1.81.